The van der Waals surface area contributed by atoms with E-state index in [1.165, 1.54) is 11.8 Å². The van der Waals surface area contributed by atoms with Crippen LogP contribution in [0.4, 0.5) is 0 Å². The summed E-state index contributed by atoms with van der Waals surface area (Å²) in [5.41, 5.74) is 0.706. The fraction of sp³-hybridized carbons (Fsp3) is 0.438. The minimum Gasteiger partial charge on any atom is -0.480 e. The molecule has 2 heterocycles. The number of carboxylic acid groups (broad SMARTS) is 1. The van der Waals surface area contributed by atoms with Crippen molar-refractivity contribution in [2.45, 2.75) is 42.1 Å². The fourth-order valence-electron chi connectivity index (χ4n) is 3.02. The second kappa shape index (κ2) is 6.10. The van der Waals surface area contributed by atoms with Crippen LogP contribution in [0.15, 0.2) is 30.3 Å². The summed E-state index contributed by atoms with van der Waals surface area (Å²) in [6.07, 6.45) is 0. The molecule has 1 aromatic carbocycles. The normalized spacial score (nSPS) is 32.1. The molecule has 7 nitrogen and oxygen atoms in total. The maximum absolute atomic E-state index is 12.5. The SMILES string of the molecule is CC1(C)S[C@@H]([C@H]2NC(=O)[C@@H](c3ccccc3)NC2=O)N[C@@H]1C(=O)O. The summed E-state index contributed by atoms with van der Waals surface area (Å²) >= 11 is 1.35. The van der Waals surface area contributed by atoms with Gasteiger partial charge < -0.3 is 15.7 Å². The third-order valence-corrected chi connectivity index (χ3v) is 5.77. The monoisotopic (exact) mass is 349 g/mol. The van der Waals surface area contributed by atoms with Crippen molar-refractivity contribution in [2.24, 2.45) is 0 Å². The highest BCUT2D eigenvalue weighted by molar-refractivity contribution is 8.01. The summed E-state index contributed by atoms with van der Waals surface area (Å²) in [6, 6.07) is 6.65. The molecule has 2 amide bonds. The van der Waals surface area contributed by atoms with Gasteiger partial charge in [-0.15, -0.1) is 11.8 Å². The van der Waals surface area contributed by atoms with Gasteiger partial charge in [-0.1, -0.05) is 30.3 Å². The van der Waals surface area contributed by atoms with Gasteiger partial charge in [-0.2, -0.15) is 0 Å². The van der Waals surface area contributed by atoms with Crippen LogP contribution in [0.5, 0.6) is 0 Å². The molecule has 0 spiro atoms. The van der Waals surface area contributed by atoms with Gasteiger partial charge in [0.1, 0.15) is 18.1 Å². The average Bonchev–Trinajstić information content (AvgIpc) is 2.85. The Morgan fingerprint density at radius 1 is 1.12 bits per heavy atom. The molecule has 2 aliphatic rings. The Morgan fingerprint density at radius 3 is 2.38 bits per heavy atom. The van der Waals surface area contributed by atoms with Crippen LogP contribution in [-0.2, 0) is 14.4 Å². The molecule has 2 aliphatic heterocycles. The zero-order valence-corrected chi connectivity index (χ0v) is 14.1. The number of nitrogens with one attached hydrogen (secondary N) is 3. The van der Waals surface area contributed by atoms with Crippen LogP contribution in [-0.4, -0.2) is 45.1 Å². The standard InChI is InChI=1S/C16H19N3O4S/c1-16(2)11(15(22)23)19-14(24-16)10-13(21)17-9(12(20)18-10)8-6-4-3-5-7-8/h3-7,9-11,14,19H,1-2H3,(H,17,21)(H,18,20)(H,22,23)/t9-,10+,11-,14+/m1/s1. The maximum atomic E-state index is 12.5. The number of benzene rings is 1. The Bertz CT molecular complexity index is 679. The molecule has 0 aliphatic carbocycles. The van der Waals surface area contributed by atoms with E-state index in [4.69, 9.17) is 0 Å². The van der Waals surface area contributed by atoms with E-state index < -0.39 is 34.2 Å². The summed E-state index contributed by atoms with van der Waals surface area (Å²) in [5.74, 6) is -1.60. The third kappa shape index (κ3) is 2.99. The first-order valence-electron chi connectivity index (χ1n) is 7.62. The molecule has 1 aromatic rings. The lowest BCUT2D eigenvalue weighted by Gasteiger charge is -2.32. The number of amides is 2. The molecule has 0 bridgehead atoms. The van der Waals surface area contributed by atoms with Gasteiger partial charge >= 0.3 is 5.97 Å². The van der Waals surface area contributed by atoms with Crippen molar-refractivity contribution in [3.05, 3.63) is 35.9 Å². The summed E-state index contributed by atoms with van der Waals surface area (Å²) < 4.78 is -0.586. The number of thioether (sulfide) groups is 1. The van der Waals surface area contributed by atoms with Gasteiger partial charge in [0.05, 0.1) is 5.37 Å². The highest BCUT2D eigenvalue weighted by Crippen LogP contribution is 2.39. The molecule has 0 aromatic heterocycles. The van der Waals surface area contributed by atoms with E-state index in [1.807, 2.05) is 6.07 Å². The quantitative estimate of drug-likeness (QED) is 0.623. The number of aliphatic carboxylic acids is 1. The average molecular weight is 349 g/mol. The minimum absolute atomic E-state index is 0.301. The molecule has 0 unspecified atom stereocenters. The Balaban J connectivity index is 1.75. The molecule has 3 rings (SSSR count). The van der Waals surface area contributed by atoms with Crippen molar-refractivity contribution in [1.82, 2.24) is 16.0 Å². The fourth-order valence-corrected chi connectivity index (χ4v) is 4.51. The van der Waals surface area contributed by atoms with Gasteiger partial charge in [0, 0.05) is 4.75 Å². The van der Waals surface area contributed by atoms with Crippen LogP contribution >= 0.6 is 11.8 Å². The van der Waals surface area contributed by atoms with Crippen LogP contribution in [0.25, 0.3) is 0 Å². The summed E-state index contributed by atoms with van der Waals surface area (Å²) in [7, 11) is 0. The predicted octanol–water partition coefficient (Wildman–Crippen LogP) is 0.237. The van der Waals surface area contributed by atoms with Gasteiger partial charge in [0.2, 0.25) is 11.8 Å². The lowest BCUT2D eigenvalue weighted by molar-refractivity contribution is -0.140. The van der Waals surface area contributed by atoms with Crippen LogP contribution in [0, 0.1) is 0 Å². The largest absolute Gasteiger partial charge is 0.480 e. The number of hydrogen-bond donors (Lipinski definition) is 4. The number of rotatable bonds is 3. The second-order valence-electron chi connectivity index (χ2n) is 6.42. The first-order valence-corrected chi connectivity index (χ1v) is 8.50. The van der Waals surface area contributed by atoms with Crippen molar-refractivity contribution >= 4 is 29.5 Å². The third-order valence-electron chi connectivity index (χ3n) is 4.27. The first kappa shape index (κ1) is 16.8. The Morgan fingerprint density at radius 2 is 1.79 bits per heavy atom. The number of carbonyl (C=O) groups is 3. The van der Waals surface area contributed by atoms with E-state index >= 15 is 0 Å². The summed E-state index contributed by atoms with van der Waals surface area (Å²) in [5, 5.41) is 17.2. The Hall–Kier alpha value is -2.06. The molecule has 128 valence electrons. The van der Waals surface area contributed by atoms with E-state index in [-0.39, 0.29) is 11.8 Å². The van der Waals surface area contributed by atoms with E-state index in [0.29, 0.717) is 5.56 Å². The van der Waals surface area contributed by atoms with Crippen LogP contribution in [0.1, 0.15) is 25.5 Å². The van der Waals surface area contributed by atoms with Crippen LogP contribution in [0.2, 0.25) is 0 Å². The van der Waals surface area contributed by atoms with Crippen molar-refractivity contribution in [2.75, 3.05) is 0 Å². The lowest BCUT2D eigenvalue weighted by atomic mass is 10.0. The molecule has 0 radical (unpaired) electrons. The number of carbonyl (C=O) groups excluding carboxylic acids is 2. The smallest absolute Gasteiger partial charge is 0.322 e. The maximum Gasteiger partial charge on any atom is 0.322 e. The molecule has 0 saturated carbocycles. The summed E-state index contributed by atoms with van der Waals surface area (Å²) in [4.78, 5) is 36.2. The number of hydrogen-bond acceptors (Lipinski definition) is 5. The Kier molecular flexibility index (Phi) is 4.27. The van der Waals surface area contributed by atoms with Crippen LogP contribution < -0.4 is 16.0 Å². The van der Waals surface area contributed by atoms with E-state index in [2.05, 4.69) is 16.0 Å². The van der Waals surface area contributed by atoms with Gasteiger partial charge in [-0.25, -0.2) is 0 Å². The molecular weight excluding hydrogens is 330 g/mol. The molecular formula is C16H19N3O4S. The zero-order chi connectivity index (χ0) is 17.5. The molecule has 24 heavy (non-hydrogen) atoms. The topological polar surface area (TPSA) is 108 Å². The molecule has 2 fully saturated rings. The zero-order valence-electron chi connectivity index (χ0n) is 13.3. The van der Waals surface area contributed by atoms with Gasteiger partial charge in [0.15, 0.2) is 0 Å². The van der Waals surface area contributed by atoms with Gasteiger partial charge in [-0.3, -0.25) is 19.7 Å². The highest BCUT2D eigenvalue weighted by Gasteiger charge is 2.50. The van der Waals surface area contributed by atoms with Gasteiger partial charge in [0.25, 0.3) is 0 Å². The van der Waals surface area contributed by atoms with Crippen molar-refractivity contribution in [3.63, 3.8) is 0 Å². The van der Waals surface area contributed by atoms with E-state index in [0.717, 1.165) is 0 Å². The van der Waals surface area contributed by atoms with E-state index in [9.17, 15) is 19.5 Å². The highest BCUT2D eigenvalue weighted by atomic mass is 32.2. The van der Waals surface area contributed by atoms with E-state index in [1.54, 1.807) is 38.1 Å². The van der Waals surface area contributed by atoms with Crippen LogP contribution in [0.3, 0.4) is 0 Å². The lowest BCUT2D eigenvalue weighted by Crippen LogP contribution is -2.63. The summed E-state index contributed by atoms with van der Waals surface area (Å²) in [6.45, 7) is 3.61. The number of piperazine rings is 1. The minimum atomic E-state index is -0.972. The number of carboxylic acids is 1. The molecule has 2 saturated heterocycles. The predicted molar refractivity (Wildman–Crippen MR) is 89.3 cm³/mol. The van der Waals surface area contributed by atoms with Crippen molar-refractivity contribution < 1.29 is 19.5 Å². The van der Waals surface area contributed by atoms with Crippen molar-refractivity contribution in [3.8, 4) is 0 Å². The molecule has 8 heteroatoms. The Labute approximate surface area is 143 Å². The van der Waals surface area contributed by atoms with Gasteiger partial charge in [-0.05, 0) is 19.4 Å². The molecule has 4 N–H and O–H groups in total. The van der Waals surface area contributed by atoms with Crippen molar-refractivity contribution in [1.29, 1.82) is 0 Å². The molecule has 4 atom stereocenters. The second-order valence-corrected chi connectivity index (χ2v) is 8.21. The first-order chi connectivity index (χ1) is 11.3.